The van der Waals surface area contributed by atoms with E-state index < -0.39 is 10.0 Å². The highest BCUT2D eigenvalue weighted by atomic mass is 35.5. The summed E-state index contributed by atoms with van der Waals surface area (Å²) >= 11 is 5.78. The molecule has 0 bridgehead atoms. The number of nitrogens with one attached hydrogen (secondary N) is 3. The van der Waals surface area contributed by atoms with E-state index >= 15 is 0 Å². The fourth-order valence-electron chi connectivity index (χ4n) is 2.62. The maximum absolute atomic E-state index is 12.2. The van der Waals surface area contributed by atoms with Gasteiger partial charge in [-0.25, -0.2) is 10.3 Å². The van der Waals surface area contributed by atoms with Gasteiger partial charge in [0, 0.05) is 23.7 Å². The van der Waals surface area contributed by atoms with Crippen molar-refractivity contribution in [2.45, 2.75) is 17.9 Å². The standard InChI is InChI=1S/C17H19ClN4O2S/c1-12-2-4-13(5-3-12)17-14(10-19-21-17)11-20-22-25(23,24)16-8-6-15(18)7-9-16/h2-9,11,14,17,19,21-22H,10H2,1H3/b20-11-. The Hall–Kier alpha value is -1.93. The van der Waals surface area contributed by atoms with Crippen LogP contribution in [0.15, 0.2) is 58.5 Å². The van der Waals surface area contributed by atoms with E-state index in [0.717, 1.165) is 5.56 Å². The molecule has 2 atom stereocenters. The van der Waals surface area contributed by atoms with Crippen LogP contribution >= 0.6 is 11.6 Å². The molecule has 2 aromatic rings. The molecule has 0 aromatic heterocycles. The molecule has 1 fully saturated rings. The lowest BCUT2D eigenvalue weighted by molar-refractivity contribution is 0.555. The predicted octanol–water partition coefficient (Wildman–Crippen LogP) is 2.38. The van der Waals surface area contributed by atoms with Crippen LogP contribution in [-0.2, 0) is 10.0 Å². The Morgan fingerprint density at radius 2 is 1.84 bits per heavy atom. The van der Waals surface area contributed by atoms with Crippen molar-refractivity contribution in [3.05, 3.63) is 64.7 Å². The Bertz CT molecular complexity index is 851. The number of benzene rings is 2. The van der Waals surface area contributed by atoms with Crippen LogP contribution < -0.4 is 15.7 Å². The van der Waals surface area contributed by atoms with Gasteiger partial charge in [0.1, 0.15) is 0 Å². The molecular formula is C17H19ClN4O2S. The molecule has 3 N–H and O–H groups in total. The van der Waals surface area contributed by atoms with Gasteiger partial charge >= 0.3 is 0 Å². The average Bonchev–Trinajstić information content (AvgIpc) is 3.04. The Kier molecular flexibility index (Phi) is 5.39. The third-order valence-electron chi connectivity index (χ3n) is 4.02. The number of hydrazone groups is 1. The molecule has 0 radical (unpaired) electrons. The van der Waals surface area contributed by atoms with Crippen LogP contribution in [0.25, 0.3) is 0 Å². The first-order chi connectivity index (χ1) is 12.0. The number of aryl methyl sites for hydroxylation is 1. The van der Waals surface area contributed by atoms with Crippen LogP contribution in [0.3, 0.4) is 0 Å². The number of rotatable bonds is 5. The Labute approximate surface area is 152 Å². The summed E-state index contributed by atoms with van der Waals surface area (Å²) < 4.78 is 24.4. The second-order valence-corrected chi connectivity index (χ2v) is 8.00. The molecule has 3 rings (SSSR count). The molecule has 6 nitrogen and oxygen atoms in total. The van der Waals surface area contributed by atoms with Gasteiger partial charge in [-0.1, -0.05) is 41.4 Å². The topological polar surface area (TPSA) is 82.6 Å². The van der Waals surface area contributed by atoms with E-state index in [4.69, 9.17) is 11.6 Å². The van der Waals surface area contributed by atoms with Crippen LogP contribution in [0, 0.1) is 12.8 Å². The lowest BCUT2D eigenvalue weighted by atomic mass is 9.95. The number of hydrazine groups is 1. The molecule has 1 saturated heterocycles. The molecule has 1 heterocycles. The molecule has 0 spiro atoms. The monoisotopic (exact) mass is 378 g/mol. The minimum atomic E-state index is -3.70. The molecular weight excluding hydrogens is 360 g/mol. The summed E-state index contributed by atoms with van der Waals surface area (Å²) in [6, 6.07) is 14.2. The van der Waals surface area contributed by atoms with Gasteiger partial charge in [0.05, 0.1) is 10.9 Å². The quantitative estimate of drug-likeness (QED) is 0.551. The lowest BCUT2D eigenvalue weighted by Gasteiger charge is -2.15. The van der Waals surface area contributed by atoms with Gasteiger partial charge in [0.2, 0.25) is 0 Å². The maximum atomic E-state index is 12.2. The van der Waals surface area contributed by atoms with E-state index in [1.54, 1.807) is 6.21 Å². The van der Waals surface area contributed by atoms with Crippen molar-refractivity contribution in [1.29, 1.82) is 0 Å². The van der Waals surface area contributed by atoms with Gasteiger partial charge in [0.25, 0.3) is 10.0 Å². The molecule has 0 amide bonds. The van der Waals surface area contributed by atoms with Gasteiger partial charge in [0.15, 0.2) is 0 Å². The highest BCUT2D eigenvalue weighted by molar-refractivity contribution is 7.89. The second-order valence-electron chi connectivity index (χ2n) is 5.90. The summed E-state index contributed by atoms with van der Waals surface area (Å²) in [5, 5.41) is 4.42. The van der Waals surface area contributed by atoms with Gasteiger partial charge in [-0.2, -0.15) is 13.5 Å². The van der Waals surface area contributed by atoms with Crippen LogP contribution in [0.1, 0.15) is 17.2 Å². The minimum Gasteiger partial charge on any atom is -0.257 e. The Morgan fingerprint density at radius 3 is 2.52 bits per heavy atom. The maximum Gasteiger partial charge on any atom is 0.276 e. The van der Waals surface area contributed by atoms with Crippen LogP contribution in [-0.4, -0.2) is 21.2 Å². The van der Waals surface area contributed by atoms with E-state index in [1.807, 2.05) is 19.1 Å². The molecule has 2 aromatic carbocycles. The van der Waals surface area contributed by atoms with E-state index in [2.05, 4.69) is 32.9 Å². The smallest absolute Gasteiger partial charge is 0.257 e. The highest BCUT2D eigenvalue weighted by Gasteiger charge is 2.27. The van der Waals surface area contributed by atoms with E-state index in [0.29, 0.717) is 11.6 Å². The van der Waals surface area contributed by atoms with Gasteiger partial charge in [-0.3, -0.25) is 5.43 Å². The highest BCUT2D eigenvalue weighted by Crippen LogP contribution is 2.23. The first-order valence-corrected chi connectivity index (χ1v) is 9.67. The fraction of sp³-hybridized carbons (Fsp3) is 0.235. The molecule has 132 valence electrons. The zero-order valence-corrected chi connectivity index (χ0v) is 15.2. The number of halogens is 1. The van der Waals surface area contributed by atoms with Crippen molar-refractivity contribution in [1.82, 2.24) is 15.7 Å². The normalized spacial score (nSPS) is 20.9. The van der Waals surface area contributed by atoms with Crippen molar-refractivity contribution < 1.29 is 8.42 Å². The van der Waals surface area contributed by atoms with Crippen LogP contribution in [0.2, 0.25) is 5.02 Å². The summed E-state index contributed by atoms with van der Waals surface area (Å²) in [5.74, 6) is 0.0237. The molecule has 0 aliphatic carbocycles. The second kappa shape index (κ2) is 7.53. The first-order valence-electron chi connectivity index (χ1n) is 7.81. The van der Waals surface area contributed by atoms with Gasteiger partial charge in [-0.15, -0.1) is 0 Å². The van der Waals surface area contributed by atoms with Crippen molar-refractivity contribution in [2.24, 2.45) is 11.0 Å². The summed E-state index contributed by atoms with van der Waals surface area (Å²) in [7, 11) is -3.70. The number of hydrogen-bond acceptors (Lipinski definition) is 5. The van der Waals surface area contributed by atoms with E-state index in [-0.39, 0.29) is 16.9 Å². The van der Waals surface area contributed by atoms with E-state index in [1.165, 1.54) is 29.8 Å². The summed E-state index contributed by atoms with van der Waals surface area (Å²) in [5.41, 5.74) is 8.59. The summed E-state index contributed by atoms with van der Waals surface area (Å²) in [6.45, 7) is 2.69. The average molecular weight is 379 g/mol. The fourth-order valence-corrected chi connectivity index (χ4v) is 3.54. The molecule has 1 aliphatic rings. The van der Waals surface area contributed by atoms with Gasteiger partial charge in [-0.05, 0) is 36.8 Å². The SMILES string of the molecule is Cc1ccc(C2NNCC2/C=N\NS(=O)(=O)c2ccc(Cl)cc2)cc1. The first kappa shape index (κ1) is 17.9. The molecule has 25 heavy (non-hydrogen) atoms. The van der Waals surface area contributed by atoms with Crippen molar-refractivity contribution in [3.8, 4) is 0 Å². The van der Waals surface area contributed by atoms with Gasteiger partial charge < -0.3 is 0 Å². The van der Waals surface area contributed by atoms with Crippen LogP contribution in [0.4, 0.5) is 0 Å². The van der Waals surface area contributed by atoms with E-state index in [9.17, 15) is 8.42 Å². The third kappa shape index (κ3) is 4.38. The van der Waals surface area contributed by atoms with Crippen LogP contribution in [0.5, 0.6) is 0 Å². The largest absolute Gasteiger partial charge is 0.276 e. The Balaban J connectivity index is 1.68. The lowest BCUT2D eigenvalue weighted by Crippen LogP contribution is -2.25. The summed E-state index contributed by atoms with van der Waals surface area (Å²) in [6.07, 6.45) is 1.62. The zero-order chi connectivity index (χ0) is 17.9. The third-order valence-corrected chi connectivity index (χ3v) is 5.51. The zero-order valence-electron chi connectivity index (χ0n) is 13.6. The Morgan fingerprint density at radius 1 is 1.16 bits per heavy atom. The number of nitrogens with zero attached hydrogens (tertiary/aromatic N) is 1. The van der Waals surface area contributed by atoms with Crippen molar-refractivity contribution >= 4 is 27.8 Å². The minimum absolute atomic E-state index is 0.0237. The number of hydrogen-bond donors (Lipinski definition) is 3. The van der Waals surface area contributed by atoms with Crippen molar-refractivity contribution in [3.63, 3.8) is 0 Å². The molecule has 2 unspecified atom stereocenters. The molecule has 8 heteroatoms. The van der Waals surface area contributed by atoms with Crippen molar-refractivity contribution in [2.75, 3.05) is 6.54 Å². The summed E-state index contributed by atoms with van der Waals surface area (Å²) in [4.78, 5) is 2.36. The molecule has 1 aliphatic heterocycles. The predicted molar refractivity (Wildman–Crippen MR) is 98.8 cm³/mol. The molecule has 0 saturated carbocycles. The number of sulfonamides is 1.